The molecular formula is C14H13ClF2N4O2. The van der Waals surface area contributed by atoms with E-state index in [1.54, 1.807) is 19.9 Å². The molecule has 2 amide bonds. The van der Waals surface area contributed by atoms with Crippen molar-refractivity contribution in [1.82, 2.24) is 20.6 Å². The fourth-order valence-electron chi connectivity index (χ4n) is 1.90. The van der Waals surface area contributed by atoms with E-state index >= 15 is 0 Å². The summed E-state index contributed by atoms with van der Waals surface area (Å²) >= 11 is 5.67. The Hall–Kier alpha value is -2.48. The van der Waals surface area contributed by atoms with Gasteiger partial charge in [0.2, 0.25) is 0 Å². The zero-order valence-electron chi connectivity index (χ0n) is 12.3. The van der Waals surface area contributed by atoms with Crippen molar-refractivity contribution in [1.29, 1.82) is 0 Å². The van der Waals surface area contributed by atoms with Crippen molar-refractivity contribution in [2.75, 3.05) is 0 Å². The fourth-order valence-corrected chi connectivity index (χ4v) is 2.14. The molecule has 0 unspecified atom stereocenters. The van der Waals surface area contributed by atoms with Gasteiger partial charge in [0.05, 0.1) is 16.3 Å². The van der Waals surface area contributed by atoms with Crippen LogP contribution in [0.15, 0.2) is 18.2 Å². The van der Waals surface area contributed by atoms with Crippen LogP contribution in [-0.2, 0) is 11.3 Å². The number of nitrogens with zero attached hydrogens (tertiary/aromatic N) is 2. The van der Waals surface area contributed by atoms with Gasteiger partial charge < -0.3 is 0 Å². The van der Waals surface area contributed by atoms with Gasteiger partial charge in [0.15, 0.2) is 11.6 Å². The van der Waals surface area contributed by atoms with Gasteiger partial charge >= 0.3 is 0 Å². The van der Waals surface area contributed by atoms with Gasteiger partial charge in [-0.3, -0.25) is 25.1 Å². The summed E-state index contributed by atoms with van der Waals surface area (Å²) in [4.78, 5) is 23.6. The molecule has 2 rings (SSSR count). The standard InChI is InChI=1S/C14H13ClF2N4O2/c1-7-3-8(2)21(20-7)6-13(22)18-19-14(23)9-4-11(16)12(17)5-10(9)15/h3-5H,6H2,1-2H3,(H,18,22)(H,19,23). The zero-order valence-corrected chi connectivity index (χ0v) is 13.0. The normalized spacial score (nSPS) is 10.5. The lowest BCUT2D eigenvalue weighted by Crippen LogP contribution is -2.43. The maximum Gasteiger partial charge on any atom is 0.271 e. The van der Waals surface area contributed by atoms with Crippen molar-refractivity contribution in [3.8, 4) is 0 Å². The van der Waals surface area contributed by atoms with Gasteiger partial charge in [-0.05, 0) is 32.0 Å². The number of benzene rings is 1. The van der Waals surface area contributed by atoms with E-state index in [2.05, 4.69) is 16.0 Å². The van der Waals surface area contributed by atoms with E-state index in [1.807, 2.05) is 0 Å². The second-order valence-electron chi connectivity index (χ2n) is 4.83. The summed E-state index contributed by atoms with van der Waals surface area (Å²) in [5.74, 6) is -3.78. The predicted molar refractivity (Wildman–Crippen MR) is 78.7 cm³/mol. The van der Waals surface area contributed by atoms with Crippen LogP contribution in [0.4, 0.5) is 8.78 Å². The Bertz CT molecular complexity index is 776. The van der Waals surface area contributed by atoms with Gasteiger partial charge in [0.25, 0.3) is 11.8 Å². The predicted octanol–water partition coefficient (Wildman–Crippen LogP) is 1.89. The van der Waals surface area contributed by atoms with Crippen molar-refractivity contribution >= 4 is 23.4 Å². The van der Waals surface area contributed by atoms with Crippen LogP contribution in [0, 0.1) is 25.5 Å². The highest BCUT2D eigenvalue weighted by atomic mass is 35.5. The molecule has 0 aliphatic carbocycles. The molecule has 0 fully saturated rings. The summed E-state index contributed by atoms with van der Waals surface area (Å²) in [6, 6.07) is 3.14. The first kappa shape index (κ1) is 16.9. The van der Waals surface area contributed by atoms with E-state index < -0.39 is 23.4 Å². The average Bonchev–Trinajstić information content (AvgIpc) is 2.78. The van der Waals surface area contributed by atoms with E-state index in [1.165, 1.54) is 4.68 Å². The summed E-state index contributed by atoms with van der Waals surface area (Å²) in [7, 11) is 0. The smallest absolute Gasteiger partial charge is 0.271 e. The highest BCUT2D eigenvalue weighted by molar-refractivity contribution is 6.33. The average molecular weight is 343 g/mol. The Morgan fingerprint density at radius 1 is 1.17 bits per heavy atom. The second kappa shape index (κ2) is 6.74. The highest BCUT2D eigenvalue weighted by Crippen LogP contribution is 2.19. The van der Waals surface area contributed by atoms with Crippen LogP contribution in [0.1, 0.15) is 21.7 Å². The molecule has 0 saturated heterocycles. The topological polar surface area (TPSA) is 76.0 Å². The Labute approximate surface area is 135 Å². The highest BCUT2D eigenvalue weighted by Gasteiger charge is 2.16. The van der Waals surface area contributed by atoms with Gasteiger partial charge in [-0.2, -0.15) is 5.10 Å². The first-order valence-corrected chi connectivity index (χ1v) is 6.90. The van der Waals surface area contributed by atoms with Crippen molar-refractivity contribution in [3.05, 3.63) is 51.8 Å². The van der Waals surface area contributed by atoms with E-state index in [0.717, 1.165) is 11.4 Å². The van der Waals surface area contributed by atoms with Gasteiger partial charge in [0.1, 0.15) is 6.54 Å². The molecule has 1 aromatic heterocycles. The lowest BCUT2D eigenvalue weighted by molar-refractivity contribution is -0.122. The van der Waals surface area contributed by atoms with Crippen LogP contribution >= 0.6 is 11.6 Å². The number of carbonyl (C=O) groups is 2. The van der Waals surface area contributed by atoms with Gasteiger partial charge in [0, 0.05) is 5.69 Å². The first-order chi connectivity index (χ1) is 10.8. The minimum atomic E-state index is -1.21. The Morgan fingerprint density at radius 3 is 2.43 bits per heavy atom. The molecule has 0 atom stereocenters. The van der Waals surface area contributed by atoms with E-state index in [-0.39, 0.29) is 17.1 Å². The van der Waals surface area contributed by atoms with Crippen LogP contribution in [0.25, 0.3) is 0 Å². The fraction of sp³-hybridized carbons (Fsp3) is 0.214. The molecule has 6 nitrogen and oxygen atoms in total. The monoisotopic (exact) mass is 342 g/mol. The summed E-state index contributed by atoms with van der Waals surface area (Å²) < 4.78 is 27.5. The molecule has 9 heteroatoms. The second-order valence-corrected chi connectivity index (χ2v) is 5.24. The molecule has 1 heterocycles. The molecular weight excluding hydrogens is 330 g/mol. The van der Waals surface area contributed by atoms with Gasteiger partial charge in [-0.15, -0.1) is 0 Å². The summed E-state index contributed by atoms with van der Waals surface area (Å²) in [5.41, 5.74) is 5.48. The number of hydrogen-bond acceptors (Lipinski definition) is 3. The van der Waals surface area contributed by atoms with Crippen molar-refractivity contribution in [3.63, 3.8) is 0 Å². The maximum absolute atomic E-state index is 13.1. The lowest BCUT2D eigenvalue weighted by Gasteiger charge is -2.09. The molecule has 0 radical (unpaired) electrons. The van der Waals surface area contributed by atoms with Gasteiger partial charge in [-0.1, -0.05) is 11.6 Å². The number of carbonyl (C=O) groups excluding carboxylic acids is 2. The van der Waals surface area contributed by atoms with Crippen molar-refractivity contribution < 1.29 is 18.4 Å². The molecule has 2 aromatic rings. The summed E-state index contributed by atoms with van der Waals surface area (Å²) in [6.45, 7) is 3.46. The van der Waals surface area contributed by atoms with Crippen molar-refractivity contribution in [2.45, 2.75) is 20.4 Å². The largest absolute Gasteiger partial charge is 0.271 e. The number of rotatable bonds is 3. The van der Waals surface area contributed by atoms with Crippen molar-refractivity contribution in [2.24, 2.45) is 0 Å². The van der Waals surface area contributed by atoms with E-state index in [0.29, 0.717) is 12.1 Å². The third-order valence-corrected chi connectivity index (χ3v) is 3.28. The Balaban J connectivity index is 1.98. The van der Waals surface area contributed by atoms with E-state index in [4.69, 9.17) is 11.6 Å². The van der Waals surface area contributed by atoms with Crippen LogP contribution in [0.5, 0.6) is 0 Å². The molecule has 0 aliphatic heterocycles. The number of aryl methyl sites for hydroxylation is 2. The van der Waals surface area contributed by atoms with Crippen LogP contribution < -0.4 is 10.9 Å². The third kappa shape index (κ3) is 4.04. The minimum absolute atomic E-state index is 0.106. The van der Waals surface area contributed by atoms with Crippen LogP contribution in [-0.4, -0.2) is 21.6 Å². The molecule has 1 aromatic carbocycles. The number of nitrogens with one attached hydrogen (secondary N) is 2. The lowest BCUT2D eigenvalue weighted by atomic mass is 10.2. The summed E-state index contributed by atoms with van der Waals surface area (Å²) in [6.07, 6.45) is 0. The first-order valence-electron chi connectivity index (χ1n) is 6.52. The molecule has 23 heavy (non-hydrogen) atoms. The van der Waals surface area contributed by atoms with Crippen LogP contribution in [0.2, 0.25) is 5.02 Å². The Kier molecular flexibility index (Phi) is 4.95. The number of aromatic nitrogens is 2. The zero-order chi connectivity index (χ0) is 17.1. The number of amides is 2. The van der Waals surface area contributed by atoms with Gasteiger partial charge in [-0.25, -0.2) is 8.78 Å². The minimum Gasteiger partial charge on any atom is -0.271 e. The third-order valence-electron chi connectivity index (χ3n) is 2.97. The Morgan fingerprint density at radius 2 is 1.83 bits per heavy atom. The summed E-state index contributed by atoms with van der Waals surface area (Å²) in [5, 5.41) is 3.83. The molecule has 0 aliphatic rings. The molecule has 0 bridgehead atoms. The molecule has 2 N–H and O–H groups in total. The SMILES string of the molecule is Cc1cc(C)n(CC(=O)NNC(=O)c2cc(F)c(F)cc2Cl)n1. The number of halogens is 3. The van der Waals surface area contributed by atoms with E-state index in [9.17, 15) is 18.4 Å². The molecule has 0 spiro atoms. The number of hydrazine groups is 1. The quantitative estimate of drug-likeness (QED) is 0.660. The molecule has 122 valence electrons. The van der Waals surface area contributed by atoms with Crippen LogP contribution in [0.3, 0.4) is 0 Å². The number of hydrogen-bond donors (Lipinski definition) is 2. The molecule has 0 saturated carbocycles. The maximum atomic E-state index is 13.1.